The Morgan fingerprint density at radius 1 is 1.10 bits per heavy atom. The normalized spacial score (nSPS) is 27.5. The molecule has 1 spiro atoms. The smallest absolute Gasteiger partial charge is 0.416 e. The van der Waals surface area contributed by atoms with E-state index in [0.29, 0.717) is 49.3 Å². The van der Waals surface area contributed by atoms with Gasteiger partial charge in [0.2, 0.25) is 5.91 Å². The molecule has 4 aliphatic rings. The molecule has 7 rings (SSSR count). The fourth-order valence-corrected chi connectivity index (χ4v) is 9.09. The molecule has 2 bridgehead atoms. The van der Waals surface area contributed by atoms with Gasteiger partial charge < -0.3 is 19.5 Å². The zero-order valence-electron chi connectivity index (χ0n) is 27.7. The minimum Gasteiger partial charge on any atom is -0.493 e. The number of aliphatic hydroxyl groups is 1. The van der Waals surface area contributed by atoms with Gasteiger partial charge in [-0.15, -0.1) is 0 Å². The molecule has 1 amide bonds. The number of nitrogens with zero attached hydrogens (tertiary/aromatic N) is 2. The van der Waals surface area contributed by atoms with Gasteiger partial charge >= 0.3 is 6.18 Å². The highest BCUT2D eigenvalue weighted by Crippen LogP contribution is 2.66. The summed E-state index contributed by atoms with van der Waals surface area (Å²) in [6.07, 6.45) is 1.49. The molecule has 0 aromatic heterocycles. The molecular formula is C39H43F3N2O4. The predicted molar refractivity (Wildman–Crippen MR) is 178 cm³/mol. The van der Waals surface area contributed by atoms with Crippen LogP contribution in [0.3, 0.4) is 0 Å². The summed E-state index contributed by atoms with van der Waals surface area (Å²) in [6, 6.07) is 18.9. The van der Waals surface area contributed by atoms with Crippen LogP contribution in [0, 0.1) is 5.92 Å². The van der Waals surface area contributed by atoms with Crippen LogP contribution in [0.15, 0.2) is 72.8 Å². The minimum absolute atomic E-state index is 0.0947. The number of hydrogen-bond donors (Lipinski definition) is 1. The molecule has 2 aliphatic carbocycles. The second-order valence-electron chi connectivity index (χ2n) is 14.3. The van der Waals surface area contributed by atoms with E-state index in [0.717, 1.165) is 42.8 Å². The van der Waals surface area contributed by atoms with Crippen molar-refractivity contribution >= 4 is 12.0 Å². The van der Waals surface area contributed by atoms with Crippen molar-refractivity contribution < 1.29 is 32.5 Å². The van der Waals surface area contributed by atoms with Gasteiger partial charge in [-0.2, -0.15) is 13.2 Å². The maximum absolute atomic E-state index is 14.1. The van der Waals surface area contributed by atoms with Crippen molar-refractivity contribution in [1.82, 2.24) is 9.80 Å². The van der Waals surface area contributed by atoms with E-state index in [9.17, 15) is 23.1 Å². The fourth-order valence-electron chi connectivity index (χ4n) is 9.09. The molecule has 2 aliphatic heterocycles. The Morgan fingerprint density at radius 3 is 2.54 bits per heavy atom. The van der Waals surface area contributed by atoms with E-state index in [1.54, 1.807) is 13.2 Å². The maximum Gasteiger partial charge on any atom is 0.416 e. The second-order valence-corrected chi connectivity index (χ2v) is 14.3. The molecule has 6 nitrogen and oxygen atoms in total. The number of halogens is 3. The summed E-state index contributed by atoms with van der Waals surface area (Å²) < 4.78 is 52.0. The number of piperidine rings is 1. The standard InChI is InChI=1S/C39H43F3N2O4/c1-25(2)24-44(33(45)16-11-27-9-13-29(14-10-27)39(40,41)42)30-17-19-38(46)32-23-28-12-15-31(47-3)35-34(28)37(38,36(30)48-35)20-22-43(32)21-18-26-7-5-4-6-8-26/h4-16,25,30,32,36,46H,17-24H2,1-3H3/b16-11+/t30?,32-,36?,37+,38-/m1/s1. The average Bonchev–Trinajstić information content (AvgIpc) is 3.42. The first-order valence-corrected chi connectivity index (χ1v) is 17.0. The molecule has 5 atom stereocenters. The lowest BCUT2D eigenvalue weighted by Gasteiger charge is -2.65. The van der Waals surface area contributed by atoms with Crippen molar-refractivity contribution in [2.75, 3.05) is 26.7 Å². The molecule has 1 saturated heterocycles. The number of alkyl halides is 3. The van der Waals surface area contributed by atoms with E-state index in [4.69, 9.17) is 9.47 Å². The lowest BCUT2D eigenvalue weighted by Crippen LogP contribution is -2.78. The third-order valence-corrected chi connectivity index (χ3v) is 11.2. The molecule has 1 N–H and O–H groups in total. The zero-order chi connectivity index (χ0) is 33.8. The van der Waals surface area contributed by atoms with E-state index >= 15 is 0 Å². The Labute approximate surface area is 280 Å². The van der Waals surface area contributed by atoms with Gasteiger partial charge in [-0.3, -0.25) is 9.69 Å². The molecule has 254 valence electrons. The Hall–Kier alpha value is -3.82. The largest absolute Gasteiger partial charge is 0.493 e. The average molecular weight is 661 g/mol. The lowest BCUT2D eigenvalue weighted by molar-refractivity contribution is -0.201. The highest BCUT2D eigenvalue weighted by Gasteiger charge is 2.73. The Kier molecular flexibility index (Phi) is 8.35. The first-order valence-electron chi connectivity index (χ1n) is 17.0. The van der Waals surface area contributed by atoms with E-state index in [2.05, 4.69) is 49.1 Å². The van der Waals surface area contributed by atoms with E-state index < -0.39 is 28.9 Å². The van der Waals surface area contributed by atoms with Crippen molar-refractivity contribution in [2.45, 2.75) is 81.3 Å². The number of methoxy groups -OCH3 is 1. The molecule has 3 aromatic rings. The van der Waals surface area contributed by atoms with Crippen LogP contribution in [0.5, 0.6) is 11.5 Å². The molecule has 2 heterocycles. The number of ether oxygens (including phenoxy) is 2. The van der Waals surface area contributed by atoms with Gasteiger partial charge in [-0.05, 0) is 85.5 Å². The van der Waals surface area contributed by atoms with Crippen molar-refractivity contribution in [1.29, 1.82) is 0 Å². The van der Waals surface area contributed by atoms with Crippen LogP contribution in [-0.4, -0.2) is 71.3 Å². The third kappa shape index (κ3) is 5.30. The lowest BCUT2D eigenvalue weighted by atomic mass is 9.48. The van der Waals surface area contributed by atoms with Crippen LogP contribution in [-0.2, 0) is 29.2 Å². The summed E-state index contributed by atoms with van der Waals surface area (Å²) in [4.78, 5) is 18.4. The molecule has 3 aromatic carbocycles. The Morgan fingerprint density at radius 2 is 1.85 bits per heavy atom. The minimum atomic E-state index is -4.42. The Bertz CT molecular complexity index is 1690. The molecule has 48 heavy (non-hydrogen) atoms. The van der Waals surface area contributed by atoms with E-state index in [1.807, 2.05) is 17.0 Å². The summed E-state index contributed by atoms with van der Waals surface area (Å²) in [5.41, 5.74) is 1.48. The second kappa shape index (κ2) is 12.3. The Balaban J connectivity index is 1.23. The van der Waals surface area contributed by atoms with Crippen molar-refractivity contribution in [3.05, 3.63) is 101 Å². The monoisotopic (exact) mass is 660 g/mol. The number of hydrogen-bond acceptors (Lipinski definition) is 5. The van der Waals surface area contributed by atoms with Crippen LogP contribution >= 0.6 is 0 Å². The SMILES string of the molecule is COc1ccc2c3c1OC1C(N(CC(C)C)C(=O)/C=C/c4ccc(C(F)(F)F)cc4)CC[C@@]4(O)[C@@H](C2)N(CCc2ccccc2)CC[C@]314. The van der Waals surface area contributed by atoms with Crippen LogP contribution in [0.2, 0.25) is 0 Å². The van der Waals surface area contributed by atoms with Crippen LogP contribution < -0.4 is 9.47 Å². The zero-order valence-corrected chi connectivity index (χ0v) is 27.7. The van der Waals surface area contributed by atoms with E-state index in [1.165, 1.54) is 23.8 Å². The summed E-state index contributed by atoms with van der Waals surface area (Å²) in [7, 11) is 1.63. The van der Waals surface area contributed by atoms with Gasteiger partial charge in [-0.1, -0.05) is 62.4 Å². The van der Waals surface area contributed by atoms with Gasteiger partial charge in [0, 0.05) is 30.8 Å². The molecular weight excluding hydrogens is 617 g/mol. The molecule has 0 radical (unpaired) electrons. The highest BCUT2D eigenvalue weighted by molar-refractivity contribution is 5.92. The summed E-state index contributed by atoms with van der Waals surface area (Å²) >= 11 is 0. The molecule has 2 fully saturated rings. The van der Waals surface area contributed by atoms with Gasteiger partial charge in [-0.25, -0.2) is 0 Å². The van der Waals surface area contributed by atoms with Crippen molar-refractivity contribution in [3.8, 4) is 11.5 Å². The van der Waals surface area contributed by atoms with E-state index in [-0.39, 0.29) is 23.9 Å². The third-order valence-electron chi connectivity index (χ3n) is 11.2. The highest BCUT2D eigenvalue weighted by atomic mass is 19.4. The van der Waals surface area contributed by atoms with Crippen molar-refractivity contribution in [2.24, 2.45) is 5.92 Å². The fraction of sp³-hybridized carbons (Fsp3) is 0.462. The number of benzene rings is 3. The van der Waals surface area contributed by atoms with Crippen LogP contribution in [0.4, 0.5) is 13.2 Å². The summed E-state index contributed by atoms with van der Waals surface area (Å²) in [5.74, 6) is 1.24. The molecule has 2 unspecified atom stereocenters. The summed E-state index contributed by atoms with van der Waals surface area (Å²) in [5, 5.41) is 13.0. The number of carbonyl (C=O) groups excluding carboxylic acids is 1. The van der Waals surface area contributed by atoms with Gasteiger partial charge in [0.05, 0.1) is 29.7 Å². The number of carbonyl (C=O) groups is 1. The van der Waals surface area contributed by atoms with Crippen LogP contribution in [0.1, 0.15) is 60.9 Å². The van der Waals surface area contributed by atoms with Crippen LogP contribution in [0.25, 0.3) is 6.08 Å². The van der Waals surface area contributed by atoms with Gasteiger partial charge in [0.1, 0.15) is 6.10 Å². The van der Waals surface area contributed by atoms with Gasteiger partial charge in [0.25, 0.3) is 0 Å². The number of rotatable bonds is 9. The first-order chi connectivity index (χ1) is 23.0. The summed E-state index contributed by atoms with van der Waals surface area (Å²) in [6.45, 7) is 6.23. The number of likely N-dealkylation sites (tertiary alicyclic amines) is 1. The first kappa shape index (κ1) is 32.7. The molecule has 9 heteroatoms. The van der Waals surface area contributed by atoms with Gasteiger partial charge in [0.15, 0.2) is 11.5 Å². The maximum atomic E-state index is 14.1. The molecule has 1 saturated carbocycles. The quantitative estimate of drug-likeness (QED) is 0.260. The predicted octanol–water partition coefficient (Wildman–Crippen LogP) is 6.68. The number of amides is 1. The topological polar surface area (TPSA) is 62.2 Å². The van der Waals surface area contributed by atoms with Crippen molar-refractivity contribution in [3.63, 3.8) is 0 Å².